The van der Waals surface area contributed by atoms with Gasteiger partial charge in [-0.15, -0.1) is 23.4 Å². The minimum Gasteiger partial charge on any atom is -0.388 e. The number of carbonyl (C=O) groups excluding carboxylic acids is 1. The lowest BCUT2D eigenvalue weighted by Gasteiger charge is -2.44. The van der Waals surface area contributed by atoms with E-state index in [9.17, 15) is 20.1 Å². The molecule has 5 N–H and O–H groups in total. The maximum Gasteiger partial charge on any atom is 0.237 e. The molecule has 2 rings (SSSR count). The first-order chi connectivity index (χ1) is 14.8. The highest BCUT2D eigenvalue weighted by Gasteiger charge is 2.48. The third-order valence-corrected chi connectivity index (χ3v) is 7.35. The van der Waals surface area contributed by atoms with Crippen molar-refractivity contribution in [3.05, 3.63) is 0 Å². The summed E-state index contributed by atoms with van der Waals surface area (Å²) in [6.45, 7) is 5.99. The molecule has 2 aliphatic heterocycles. The van der Waals surface area contributed by atoms with Crippen LogP contribution < -0.4 is 10.6 Å². The zero-order chi connectivity index (χ0) is 23.0. The van der Waals surface area contributed by atoms with Crippen LogP contribution in [-0.4, -0.2) is 94.6 Å². The highest BCUT2D eigenvalue weighted by Crippen LogP contribution is 2.30. The predicted molar refractivity (Wildman–Crippen MR) is 122 cm³/mol. The quantitative estimate of drug-likeness (QED) is 0.229. The molecule has 0 radical (unpaired) electrons. The fourth-order valence-corrected chi connectivity index (χ4v) is 5.22. The van der Waals surface area contributed by atoms with Gasteiger partial charge in [0.25, 0.3) is 0 Å². The Hall–Kier alpha value is -0.130. The van der Waals surface area contributed by atoms with E-state index in [1.165, 1.54) is 11.8 Å². The minimum atomic E-state index is -1.38. The van der Waals surface area contributed by atoms with E-state index in [4.69, 9.17) is 21.1 Å². The molecule has 31 heavy (non-hydrogen) atoms. The van der Waals surface area contributed by atoms with Gasteiger partial charge in [0.15, 0.2) is 0 Å². The van der Waals surface area contributed by atoms with Crippen molar-refractivity contribution in [3.63, 3.8) is 0 Å². The van der Waals surface area contributed by atoms with Gasteiger partial charge in [0.1, 0.15) is 29.9 Å². The van der Waals surface area contributed by atoms with E-state index in [2.05, 4.69) is 10.6 Å². The van der Waals surface area contributed by atoms with E-state index < -0.39 is 41.3 Å². The lowest BCUT2D eigenvalue weighted by Crippen LogP contribution is -2.65. The molecule has 0 aliphatic carbocycles. The van der Waals surface area contributed by atoms with Crippen LogP contribution in [0, 0.1) is 5.92 Å². The first-order valence-corrected chi connectivity index (χ1v) is 13.0. The van der Waals surface area contributed by atoms with Crippen LogP contribution in [-0.2, 0) is 14.3 Å². The highest BCUT2D eigenvalue weighted by molar-refractivity contribution is 7.99. The second-order valence-electron chi connectivity index (χ2n) is 8.47. The number of alkyl halides is 1. The SMILES string of the molecule is CCOCCC[C@@H]1CCNC(C(=O)N[C@@H]([C@H]2O[C@H](SC)[C@H](O)[C@@H](O)[C@H]2O)[C@H](C)Cl)CC1. The summed E-state index contributed by atoms with van der Waals surface area (Å²) in [5, 5.41) is 36.5. The van der Waals surface area contributed by atoms with Gasteiger partial charge >= 0.3 is 0 Å². The Morgan fingerprint density at radius 1 is 1.26 bits per heavy atom. The van der Waals surface area contributed by atoms with Gasteiger partial charge in [0.05, 0.1) is 17.5 Å². The van der Waals surface area contributed by atoms with Gasteiger partial charge in [-0.1, -0.05) is 0 Å². The van der Waals surface area contributed by atoms with Gasteiger partial charge in [0, 0.05) is 13.2 Å². The van der Waals surface area contributed by atoms with Crippen molar-refractivity contribution >= 4 is 29.3 Å². The number of rotatable bonds is 10. The number of thioether (sulfide) groups is 1. The predicted octanol–water partition coefficient (Wildman–Crippen LogP) is 0.844. The number of hydrogen-bond donors (Lipinski definition) is 5. The summed E-state index contributed by atoms with van der Waals surface area (Å²) in [7, 11) is 0. The Bertz CT molecular complexity index is 544. The number of halogens is 1. The average molecular weight is 483 g/mol. The molecule has 10 heteroatoms. The molecule has 2 aliphatic rings. The Kier molecular flexibility index (Phi) is 11.8. The summed E-state index contributed by atoms with van der Waals surface area (Å²) < 4.78 is 11.2. The maximum atomic E-state index is 13.0. The average Bonchev–Trinajstić information content (AvgIpc) is 2.99. The molecule has 0 spiro atoms. The van der Waals surface area contributed by atoms with Crippen molar-refractivity contribution in [1.29, 1.82) is 0 Å². The van der Waals surface area contributed by atoms with E-state index in [-0.39, 0.29) is 11.9 Å². The van der Waals surface area contributed by atoms with Crippen LogP contribution >= 0.6 is 23.4 Å². The van der Waals surface area contributed by atoms with Crippen LogP contribution in [0.1, 0.15) is 46.0 Å². The van der Waals surface area contributed by atoms with E-state index in [1.54, 1.807) is 13.2 Å². The number of ether oxygens (including phenoxy) is 2. The van der Waals surface area contributed by atoms with Gasteiger partial charge in [-0.2, -0.15) is 0 Å². The topological polar surface area (TPSA) is 120 Å². The van der Waals surface area contributed by atoms with E-state index >= 15 is 0 Å². The van der Waals surface area contributed by atoms with Crippen LogP contribution in [0.15, 0.2) is 0 Å². The maximum absolute atomic E-state index is 13.0. The second kappa shape index (κ2) is 13.5. The summed E-state index contributed by atoms with van der Waals surface area (Å²) in [6, 6.07) is -1.06. The van der Waals surface area contributed by atoms with E-state index in [1.807, 2.05) is 6.92 Å². The molecule has 0 aromatic heterocycles. The van der Waals surface area contributed by atoms with Crippen LogP contribution in [0.25, 0.3) is 0 Å². The lowest BCUT2D eigenvalue weighted by atomic mass is 9.92. The van der Waals surface area contributed by atoms with E-state index in [0.29, 0.717) is 5.92 Å². The largest absolute Gasteiger partial charge is 0.388 e. The molecule has 9 atom stereocenters. The van der Waals surface area contributed by atoms with Gasteiger partial charge < -0.3 is 35.4 Å². The number of nitrogens with one attached hydrogen (secondary N) is 2. The summed E-state index contributed by atoms with van der Waals surface area (Å²) in [5.41, 5.74) is -0.716. The first-order valence-electron chi connectivity index (χ1n) is 11.3. The highest BCUT2D eigenvalue weighted by atomic mass is 35.5. The molecule has 2 heterocycles. The molecule has 0 saturated carbocycles. The van der Waals surface area contributed by atoms with Crippen molar-refractivity contribution in [1.82, 2.24) is 10.6 Å². The first kappa shape index (κ1) is 27.1. The fourth-order valence-electron chi connectivity index (χ4n) is 4.33. The Morgan fingerprint density at radius 3 is 2.65 bits per heavy atom. The molecule has 0 aromatic rings. The van der Waals surface area contributed by atoms with Gasteiger partial charge in [0.2, 0.25) is 5.91 Å². The van der Waals surface area contributed by atoms with E-state index in [0.717, 1.165) is 51.9 Å². The summed E-state index contributed by atoms with van der Waals surface area (Å²) >= 11 is 7.58. The molecule has 0 aromatic carbocycles. The smallest absolute Gasteiger partial charge is 0.237 e. The molecule has 182 valence electrons. The Labute approximate surface area is 194 Å². The third-order valence-electron chi connectivity index (χ3n) is 6.23. The minimum absolute atomic E-state index is 0.190. The zero-order valence-electron chi connectivity index (χ0n) is 18.7. The van der Waals surface area contributed by atoms with Gasteiger partial charge in [-0.25, -0.2) is 0 Å². The molecule has 1 amide bonds. The van der Waals surface area contributed by atoms with Crippen molar-refractivity contribution in [2.45, 2.75) is 93.3 Å². The molecule has 0 bridgehead atoms. The standard InChI is InChI=1S/C21H39ClN2O6S/c1-4-29-11-5-6-13-7-8-14(23-10-9-13)20(28)24-15(12(2)22)19-17(26)16(25)18(27)21(30-19)31-3/h12-19,21,23,25-27H,4-11H2,1-3H3,(H,24,28)/t12-,13-,14?,15+,16-,17+,18+,19+,21+/m0/s1. The second-order valence-corrected chi connectivity index (χ2v) is 10.1. The normalized spacial score (nSPS) is 36.4. The zero-order valence-corrected chi connectivity index (χ0v) is 20.3. The van der Waals surface area contributed by atoms with Crippen molar-refractivity contribution in [2.24, 2.45) is 5.92 Å². The molecule has 2 fully saturated rings. The molecule has 1 unspecified atom stereocenters. The summed E-state index contributed by atoms with van der Waals surface area (Å²) in [4.78, 5) is 13.0. The summed E-state index contributed by atoms with van der Waals surface area (Å²) in [5.74, 6) is 0.376. The van der Waals surface area contributed by atoms with Crippen LogP contribution in [0.2, 0.25) is 0 Å². The van der Waals surface area contributed by atoms with Crippen molar-refractivity contribution in [2.75, 3.05) is 26.0 Å². The van der Waals surface area contributed by atoms with Crippen LogP contribution in [0.4, 0.5) is 0 Å². The molecule has 2 saturated heterocycles. The van der Waals surface area contributed by atoms with Crippen molar-refractivity contribution < 1.29 is 29.6 Å². The van der Waals surface area contributed by atoms with Gasteiger partial charge in [-0.3, -0.25) is 4.79 Å². The third kappa shape index (κ3) is 7.71. The number of aliphatic hydroxyl groups is 3. The van der Waals surface area contributed by atoms with Gasteiger partial charge in [-0.05, 0) is 64.7 Å². The Balaban J connectivity index is 1.94. The molecular formula is C21H39ClN2O6S. The monoisotopic (exact) mass is 482 g/mol. The lowest BCUT2D eigenvalue weighted by molar-refractivity contribution is -0.205. The Morgan fingerprint density at radius 2 is 2.00 bits per heavy atom. The number of carbonyl (C=O) groups is 1. The summed E-state index contributed by atoms with van der Waals surface area (Å²) in [6.07, 6.45) is 1.69. The fraction of sp³-hybridized carbons (Fsp3) is 0.952. The number of hydrogen-bond acceptors (Lipinski definition) is 8. The molecular weight excluding hydrogens is 444 g/mol. The van der Waals surface area contributed by atoms with Crippen molar-refractivity contribution in [3.8, 4) is 0 Å². The number of aliphatic hydroxyl groups excluding tert-OH is 3. The number of amides is 1. The van der Waals surface area contributed by atoms with Crippen LogP contribution in [0.5, 0.6) is 0 Å². The van der Waals surface area contributed by atoms with Crippen LogP contribution in [0.3, 0.4) is 0 Å². The molecule has 8 nitrogen and oxygen atoms in total.